The van der Waals surface area contributed by atoms with E-state index in [0.717, 1.165) is 0 Å². The van der Waals surface area contributed by atoms with Crippen LogP contribution in [0, 0.1) is 0 Å². The Balaban J connectivity index is 3.01. The lowest BCUT2D eigenvalue weighted by molar-refractivity contribution is 0.156. The maximum absolute atomic E-state index is 10.1. The molecule has 0 aliphatic carbocycles. The highest BCUT2D eigenvalue weighted by Crippen LogP contribution is 1.94. The second-order valence-electron chi connectivity index (χ2n) is 1.92. The molecule has 0 aliphatic rings. The van der Waals surface area contributed by atoms with Crippen LogP contribution in [-0.4, -0.2) is 23.8 Å². The van der Waals surface area contributed by atoms with Crippen molar-refractivity contribution < 1.29 is 19.1 Å². The molecule has 0 rings (SSSR count). The van der Waals surface area contributed by atoms with Crippen molar-refractivity contribution in [3.63, 3.8) is 0 Å². The minimum atomic E-state index is -0.707. The first kappa shape index (κ1) is 11.5. The molecule has 0 aromatic heterocycles. The van der Waals surface area contributed by atoms with Crippen LogP contribution in [0.2, 0.25) is 0 Å². The van der Waals surface area contributed by atoms with Gasteiger partial charge in [-0.3, -0.25) is 4.79 Å². The molecule has 0 atom stereocenters. The van der Waals surface area contributed by atoms with Gasteiger partial charge in [-0.1, -0.05) is 12.6 Å². The summed E-state index contributed by atoms with van der Waals surface area (Å²) >= 11 is 7.53. The molecule has 0 aliphatic heterocycles. The fraction of sp³-hybridized carbons (Fsp3) is 0.667. The van der Waals surface area contributed by atoms with Crippen molar-refractivity contribution in [1.29, 1.82) is 0 Å². The Morgan fingerprint density at radius 2 is 1.67 bits per heavy atom. The zero-order valence-corrected chi connectivity index (χ0v) is 8.03. The van der Waals surface area contributed by atoms with Crippen LogP contribution in [0.4, 0.5) is 9.59 Å². The third kappa shape index (κ3) is 9.51. The van der Waals surface area contributed by atoms with Crippen LogP contribution < -0.4 is 0 Å². The second-order valence-corrected chi connectivity index (χ2v) is 2.62. The van der Waals surface area contributed by atoms with Crippen LogP contribution in [0.25, 0.3) is 0 Å². The molecule has 0 unspecified atom stereocenters. The molecule has 0 amide bonds. The summed E-state index contributed by atoms with van der Waals surface area (Å²) in [6.07, 6.45) is 1.26. The van der Waals surface area contributed by atoms with E-state index in [9.17, 15) is 9.59 Å². The zero-order chi connectivity index (χ0) is 9.40. The summed E-state index contributed by atoms with van der Waals surface area (Å²) in [6, 6.07) is 0. The fourth-order valence-electron chi connectivity index (χ4n) is 0.519. The van der Waals surface area contributed by atoms with Crippen molar-refractivity contribution in [2.24, 2.45) is 0 Å². The number of hydrogen-bond acceptors (Lipinski definition) is 5. The minimum absolute atomic E-state index is 0.270. The molecule has 0 spiro atoms. The average molecular weight is 209 g/mol. The molecule has 0 N–H and O–H groups in total. The maximum Gasteiger partial charge on any atom is 0.364 e. The number of carbonyl (C=O) groups is 2. The Labute approximate surface area is 81.4 Å². The predicted octanol–water partition coefficient (Wildman–Crippen LogP) is 1.52. The van der Waals surface area contributed by atoms with E-state index < -0.39 is 10.6 Å². The molecular weight excluding hydrogens is 200 g/mol. The van der Waals surface area contributed by atoms with E-state index in [1.165, 1.54) is 0 Å². The standard InChI is InChI=1S/C6H10O4S2/c7-5(11)9-3-1-2-4-10-6(8)12/h1-4H2,(H,7,11)(H,8,12)/p-1. The van der Waals surface area contributed by atoms with Gasteiger partial charge in [0.1, 0.15) is 0 Å². The summed E-state index contributed by atoms with van der Waals surface area (Å²) in [6.45, 7) is 0.559. The molecular formula is C6H9O4S2-. The van der Waals surface area contributed by atoms with Gasteiger partial charge in [0.25, 0.3) is 0 Å². The molecule has 0 aromatic rings. The van der Waals surface area contributed by atoms with Crippen LogP contribution in [0.1, 0.15) is 12.8 Å². The number of rotatable bonds is 5. The van der Waals surface area contributed by atoms with E-state index in [-0.39, 0.29) is 13.2 Å². The summed E-state index contributed by atoms with van der Waals surface area (Å²) < 4.78 is 8.97. The van der Waals surface area contributed by atoms with Crippen molar-refractivity contribution in [2.75, 3.05) is 13.2 Å². The third-order valence-corrected chi connectivity index (χ3v) is 1.23. The van der Waals surface area contributed by atoms with Crippen molar-refractivity contribution in [3.8, 4) is 0 Å². The first-order chi connectivity index (χ1) is 5.63. The van der Waals surface area contributed by atoms with Gasteiger partial charge in [-0.15, -0.1) is 0 Å². The van der Waals surface area contributed by atoms with Crippen molar-refractivity contribution >= 4 is 35.9 Å². The van der Waals surface area contributed by atoms with Crippen LogP contribution in [0.5, 0.6) is 0 Å². The van der Waals surface area contributed by atoms with Gasteiger partial charge in [-0.2, -0.15) is 0 Å². The van der Waals surface area contributed by atoms with E-state index in [4.69, 9.17) is 0 Å². The first-order valence-electron chi connectivity index (χ1n) is 3.32. The summed E-state index contributed by atoms with van der Waals surface area (Å²) in [4.78, 5) is 20.2. The molecule has 0 radical (unpaired) electrons. The van der Waals surface area contributed by atoms with Gasteiger partial charge in [-0.05, 0) is 12.8 Å². The predicted molar refractivity (Wildman–Crippen MR) is 48.3 cm³/mol. The maximum atomic E-state index is 10.1. The highest BCUT2D eigenvalue weighted by Gasteiger charge is 1.93. The number of unbranched alkanes of at least 4 members (excludes halogenated alkanes) is 1. The smallest absolute Gasteiger partial charge is 0.364 e. The molecule has 0 aromatic carbocycles. The van der Waals surface area contributed by atoms with Gasteiger partial charge in [0.15, 0.2) is 5.30 Å². The lowest BCUT2D eigenvalue weighted by atomic mass is 10.3. The topological polar surface area (TPSA) is 52.6 Å². The molecule has 4 nitrogen and oxygen atoms in total. The van der Waals surface area contributed by atoms with Crippen LogP contribution in [0.15, 0.2) is 0 Å². The van der Waals surface area contributed by atoms with Gasteiger partial charge in [0.05, 0.1) is 13.2 Å². The second kappa shape index (κ2) is 7.17. The van der Waals surface area contributed by atoms with E-state index >= 15 is 0 Å². The number of ether oxygens (including phenoxy) is 2. The Bertz CT molecular complexity index is 142. The Hall–Kier alpha value is -0.490. The van der Waals surface area contributed by atoms with Crippen LogP contribution in [0.3, 0.4) is 0 Å². The summed E-state index contributed by atoms with van der Waals surface area (Å²) in [5.74, 6) is 0. The number of thiol groups is 1. The van der Waals surface area contributed by atoms with Crippen LogP contribution in [-0.2, 0) is 22.1 Å². The number of hydrogen-bond donors (Lipinski definition) is 1. The van der Waals surface area contributed by atoms with E-state index in [0.29, 0.717) is 12.8 Å². The minimum Gasteiger partial charge on any atom is -0.698 e. The summed E-state index contributed by atoms with van der Waals surface area (Å²) in [5.41, 5.74) is 0. The van der Waals surface area contributed by atoms with E-state index in [1.54, 1.807) is 0 Å². The highest BCUT2D eigenvalue weighted by molar-refractivity contribution is 7.96. The van der Waals surface area contributed by atoms with Gasteiger partial charge in [-0.25, -0.2) is 4.79 Å². The molecule has 0 saturated heterocycles. The van der Waals surface area contributed by atoms with Crippen molar-refractivity contribution in [3.05, 3.63) is 0 Å². The lowest BCUT2D eigenvalue weighted by Gasteiger charge is -2.06. The van der Waals surface area contributed by atoms with Gasteiger partial charge >= 0.3 is 5.30 Å². The van der Waals surface area contributed by atoms with Gasteiger partial charge in [0.2, 0.25) is 0 Å². The SMILES string of the molecule is O=C([S-])OCCCCOC(=O)S. The Morgan fingerprint density at radius 3 is 2.08 bits per heavy atom. The monoisotopic (exact) mass is 209 g/mol. The quantitative estimate of drug-likeness (QED) is 0.322. The van der Waals surface area contributed by atoms with Crippen LogP contribution >= 0.6 is 12.6 Å². The Morgan fingerprint density at radius 1 is 1.17 bits per heavy atom. The molecule has 0 heterocycles. The molecule has 6 heteroatoms. The molecule has 0 saturated carbocycles. The first-order valence-corrected chi connectivity index (χ1v) is 4.18. The van der Waals surface area contributed by atoms with Crippen molar-refractivity contribution in [2.45, 2.75) is 12.8 Å². The zero-order valence-electron chi connectivity index (χ0n) is 6.32. The normalized spacial score (nSPS) is 9.08. The average Bonchev–Trinajstić information content (AvgIpc) is 1.95. The summed E-state index contributed by atoms with van der Waals surface area (Å²) in [5, 5.41) is -1.31. The summed E-state index contributed by atoms with van der Waals surface area (Å²) in [7, 11) is 0. The number of carbonyl (C=O) groups excluding carboxylic acids is 2. The fourth-order valence-corrected chi connectivity index (χ4v) is 0.694. The molecule has 12 heavy (non-hydrogen) atoms. The van der Waals surface area contributed by atoms with Gasteiger partial charge in [0, 0.05) is 0 Å². The molecule has 0 fully saturated rings. The third-order valence-electron chi connectivity index (χ3n) is 0.984. The lowest BCUT2D eigenvalue weighted by Crippen LogP contribution is -2.02. The Kier molecular flexibility index (Phi) is 6.88. The highest BCUT2D eigenvalue weighted by atomic mass is 32.1. The van der Waals surface area contributed by atoms with E-state index in [1.807, 2.05) is 0 Å². The van der Waals surface area contributed by atoms with E-state index in [2.05, 4.69) is 34.7 Å². The molecule has 70 valence electrons. The largest absolute Gasteiger partial charge is 0.698 e. The van der Waals surface area contributed by atoms with Gasteiger partial charge < -0.3 is 22.1 Å². The molecule has 0 bridgehead atoms. The van der Waals surface area contributed by atoms with Crippen molar-refractivity contribution in [1.82, 2.24) is 0 Å².